The summed E-state index contributed by atoms with van der Waals surface area (Å²) in [6.07, 6.45) is 2.34. The summed E-state index contributed by atoms with van der Waals surface area (Å²) in [5.74, 6) is 0.860. The highest BCUT2D eigenvalue weighted by Gasteiger charge is 2.19. The number of hydrogen-bond donors (Lipinski definition) is 1. The zero-order valence-electron chi connectivity index (χ0n) is 15.3. The van der Waals surface area contributed by atoms with Gasteiger partial charge >= 0.3 is 0 Å². The van der Waals surface area contributed by atoms with Gasteiger partial charge in [0.1, 0.15) is 4.90 Å². The molecular weight excluding hydrogens is 431 g/mol. The monoisotopic (exact) mass is 448 g/mol. The van der Waals surface area contributed by atoms with Crippen LogP contribution in [-0.4, -0.2) is 31.7 Å². The number of sulfonamides is 1. The molecule has 3 aromatic rings. The van der Waals surface area contributed by atoms with Crippen LogP contribution < -0.4 is 9.62 Å². The number of aromatic nitrogens is 2. The van der Waals surface area contributed by atoms with Crippen LogP contribution in [0.3, 0.4) is 0 Å². The summed E-state index contributed by atoms with van der Waals surface area (Å²) in [4.78, 5) is 2.13. The Bertz CT molecular complexity index is 1130. The average molecular weight is 449 g/mol. The number of halogens is 2. The quantitative estimate of drug-likeness (QED) is 0.603. The summed E-state index contributed by atoms with van der Waals surface area (Å²) in [5.41, 5.74) is 1.81. The molecule has 0 atom stereocenters. The molecule has 1 aromatic heterocycles. The summed E-state index contributed by atoms with van der Waals surface area (Å²) in [5, 5.41) is 9.01. The highest BCUT2D eigenvalue weighted by molar-refractivity contribution is 7.92. The molecule has 1 saturated heterocycles. The van der Waals surface area contributed by atoms with Crippen LogP contribution in [0, 0.1) is 0 Å². The molecule has 4 rings (SSSR count). The van der Waals surface area contributed by atoms with E-state index in [-0.39, 0.29) is 14.9 Å². The third-order valence-corrected chi connectivity index (χ3v) is 6.77. The zero-order valence-corrected chi connectivity index (χ0v) is 17.7. The fraction of sp³-hybridized carbons (Fsp3) is 0.200. The molecule has 2 aromatic carbocycles. The maximum absolute atomic E-state index is 12.7. The molecule has 29 heavy (non-hydrogen) atoms. The second-order valence-electron chi connectivity index (χ2n) is 6.73. The minimum Gasteiger partial charge on any atom is -0.355 e. The highest BCUT2D eigenvalue weighted by atomic mass is 35.5. The third-order valence-electron chi connectivity index (χ3n) is 4.67. The predicted octanol–water partition coefficient (Wildman–Crippen LogP) is 4.85. The molecule has 1 aliphatic heterocycles. The van der Waals surface area contributed by atoms with Crippen molar-refractivity contribution < 1.29 is 8.42 Å². The highest BCUT2D eigenvalue weighted by Crippen LogP contribution is 2.28. The summed E-state index contributed by atoms with van der Waals surface area (Å²) in [6.45, 7) is 1.99. The van der Waals surface area contributed by atoms with Gasteiger partial charge in [0, 0.05) is 29.4 Å². The van der Waals surface area contributed by atoms with Crippen molar-refractivity contribution in [1.29, 1.82) is 0 Å². The number of nitrogens with zero attached hydrogens (tertiary/aromatic N) is 3. The van der Waals surface area contributed by atoms with Gasteiger partial charge in [-0.05, 0) is 55.3 Å². The molecule has 0 aliphatic carbocycles. The van der Waals surface area contributed by atoms with Gasteiger partial charge in [-0.25, -0.2) is 8.42 Å². The van der Waals surface area contributed by atoms with Crippen LogP contribution in [0.5, 0.6) is 0 Å². The lowest BCUT2D eigenvalue weighted by Crippen LogP contribution is -2.19. The molecule has 9 heteroatoms. The standard InChI is InChI=1S/C20H18Cl2N4O2S/c21-15-6-7-17(22)19(13-15)29(27,28)25-16-5-3-4-14(12-16)18-8-9-20(24-23-18)26-10-1-2-11-26/h3-9,12-13,25H,1-2,10-11H2. The van der Waals surface area contributed by atoms with Crippen LogP contribution in [0.4, 0.5) is 11.5 Å². The maximum Gasteiger partial charge on any atom is 0.263 e. The number of benzene rings is 2. The Morgan fingerprint density at radius 2 is 1.72 bits per heavy atom. The summed E-state index contributed by atoms with van der Waals surface area (Å²) < 4.78 is 28.0. The van der Waals surface area contributed by atoms with Crippen molar-refractivity contribution in [3.05, 3.63) is 64.6 Å². The number of nitrogens with one attached hydrogen (secondary N) is 1. The summed E-state index contributed by atoms with van der Waals surface area (Å²) in [6, 6.07) is 15.1. The second-order valence-corrected chi connectivity index (χ2v) is 9.23. The number of rotatable bonds is 5. The van der Waals surface area contributed by atoms with Crippen molar-refractivity contribution in [2.45, 2.75) is 17.7 Å². The molecule has 0 saturated carbocycles. The van der Waals surface area contributed by atoms with Crippen molar-refractivity contribution in [2.75, 3.05) is 22.7 Å². The van der Waals surface area contributed by atoms with Gasteiger partial charge in [-0.3, -0.25) is 4.72 Å². The van der Waals surface area contributed by atoms with Crippen molar-refractivity contribution in [2.24, 2.45) is 0 Å². The van der Waals surface area contributed by atoms with E-state index >= 15 is 0 Å². The number of anilines is 2. The fourth-order valence-corrected chi connectivity index (χ4v) is 5.04. The predicted molar refractivity (Wildman–Crippen MR) is 116 cm³/mol. The van der Waals surface area contributed by atoms with Gasteiger partial charge in [0.25, 0.3) is 10.0 Å². The molecule has 150 valence electrons. The molecule has 0 radical (unpaired) electrons. The first-order valence-corrected chi connectivity index (χ1v) is 11.3. The van der Waals surface area contributed by atoms with E-state index in [0.29, 0.717) is 11.4 Å². The van der Waals surface area contributed by atoms with Crippen molar-refractivity contribution in [3.63, 3.8) is 0 Å². The molecule has 2 heterocycles. The molecule has 1 aliphatic rings. The van der Waals surface area contributed by atoms with Crippen LogP contribution in [0.2, 0.25) is 10.0 Å². The van der Waals surface area contributed by atoms with Gasteiger partial charge in [-0.1, -0.05) is 35.3 Å². The van der Waals surface area contributed by atoms with Crippen LogP contribution in [0.15, 0.2) is 59.5 Å². The van der Waals surface area contributed by atoms with E-state index in [4.69, 9.17) is 23.2 Å². The van der Waals surface area contributed by atoms with Crippen LogP contribution in [0.25, 0.3) is 11.3 Å². The van der Waals surface area contributed by atoms with Gasteiger partial charge in [0.15, 0.2) is 5.82 Å². The van der Waals surface area contributed by atoms with E-state index in [1.165, 1.54) is 31.0 Å². The normalized spacial score (nSPS) is 14.2. The fourth-order valence-electron chi connectivity index (χ4n) is 3.23. The molecule has 1 N–H and O–H groups in total. The van der Waals surface area contributed by atoms with Gasteiger partial charge in [-0.2, -0.15) is 0 Å². The minimum atomic E-state index is -3.89. The SMILES string of the molecule is O=S(=O)(Nc1cccc(-c2ccc(N3CCCC3)nn2)c1)c1cc(Cl)ccc1Cl. The Balaban J connectivity index is 1.58. The Labute approximate surface area is 179 Å². The maximum atomic E-state index is 12.7. The first-order valence-electron chi connectivity index (χ1n) is 9.09. The zero-order chi connectivity index (χ0) is 20.4. The lowest BCUT2D eigenvalue weighted by Gasteiger charge is -2.15. The van der Waals surface area contributed by atoms with E-state index in [9.17, 15) is 8.42 Å². The van der Waals surface area contributed by atoms with Gasteiger partial charge in [0.05, 0.1) is 10.7 Å². The van der Waals surface area contributed by atoms with E-state index in [1.54, 1.807) is 18.2 Å². The first-order chi connectivity index (χ1) is 13.9. The molecule has 0 amide bonds. The van der Waals surface area contributed by atoms with E-state index in [1.807, 2.05) is 18.2 Å². The first kappa shape index (κ1) is 19.9. The lowest BCUT2D eigenvalue weighted by molar-refractivity contribution is 0.601. The Hall–Kier alpha value is -2.35. The molecule has 6 nitrogen and oxygen atoms in total. The van der Waals surface area contributed by atoms with Gasteiger partial charge in [-0.15, -0.1) is 10.2 Å². The lowest BCUT2D eigenvalue weighted by atomic mass is 10.1. The largest absolute Gasteiger partial charge is 0.355 e. The molecule has 0 bridgehead atoms. The van der Waals surface area contributed by atoms with Crippen LogP contribution >= 0.6 is 23.2 Å². The number of hydrogen-bond acceptors (Lipinski definition) is 5. The average Bonchev–Trinajstić information content (AvgIpc) is 3.25. The van der Waals surface area contributed by atoms with Crippen molar-refractivity contribution in [1.82, 2.24) is 10.2 Å². The Morgan fingerprint density at radius 1 is 0.931 bits per heavy atom. The second kappa shape index (κ2) is 8.18. The van der Waals surface area contributed by atoms with Crippen LogP contribution in [-0.2, 0) is 10.0 Å². The van der Waals surface area contributed by atoms with Gasteiger partial charge in [0.2, 0.25) is 0 Å². The molecule has 0 spiro atoms. The smallest absolute Gasteiger partial charge is 0.263 e. The summed E-state index contributed by atoms with van der Waals surface area (Å²) >= 11 is 12.0. The molecule has 1 fully saturated rings. The molecule has 0 unspecified atom stereocenters. The third kappa shape index (κ3) is 4.47. The van der Waals surface area contributed by atoms with Crippen LogP contribution in [0.1, 0.15) is 12.8 Å². The van der Waals surface area contributed by atoms with E-state index in [2.05, 4.69) is 19.8 Å². The minimum absolute atomic E-state index is 0.0770. The van der Waals surface area contributed by atoms with Crippen molar-refractivity contribution >= 4 is 44.7 Å². The Kier molecular flexibility index (Phi) is 5.63. The Morgan fingerprint density at radius 3 is 2.45 bits per heavy atom. The van der Waals surface area contributed by atoms with E-state index < -0.39 is 10.0 Å². The van der Waals surface area contributed by atoms with Crippen molar-refractivity contribution in [3.8, 4) is 11.3 Å². The topological polar surface area (TPSA) is 75.2 Å². The van der Waals surface area contributed by atoms with Gasteiger partial charge < -0.3 is 4.90 Å². The molecular formula is C20H18Cl2N4O2S. The summed E-state index contributed by atoms with van der Waals surface area (Å²) in [7, 11) is -3.89. The van der Waals surface area contributed by atoms with E-state index in [0.717, 1.165) is 24.5 Å².